The third kappa shape index (κ3) is 33.4. The van der Waals surface area contributed by atoms with Crippen LogP contribution in [0.4, 0.5) is 0 Å². The van der Waals surface area contributed by atoms with Crippen LogP contribution < -0.4 is 47.5 Å². The molecule has 0 aromatic heterocycles. The van der Waals surface area contributed by atoms with Gasteiger partial charge < -0.3 is 52.3 Å². The van der Waals surface area contributed by atoms with Gasteiger partial charge in [0.25, 0.3) is 0 Å². The fourth-order valence-electron chi connectivity index (χ4n) is 5.46. The maximum absolute atomic E-state index is 12.8. The van der Waals surface area contributed by atoms with Crippen LogP contribution in [0.3, 0.4) is 0 Å². The molecule has 0 aliphatic carbocycles. The molecule has 0 bridgehead atoms. The molecule has 61 heavy (non-hydrogen) atoms. The number of hydrogen-bond donors (Lipinski definition) is 9. The quantitative estimate of drug-likeness (QED) is 0.0210. The van der Waals surface area contributed by atoms with Crippen LogP contribution in [-0.4, -0.2) is 197 Å². The van der Waals surface area contributed by atoms with Crippen molar-refractivity contribution in [1.29, 1.82) is 0 Å². The van der Waals surface area contributed by atoms with E-state index < -0.39 is 47.3 Å². The topological polar surface area (TPSA) is 289 Å². The zero-order valence-corrected chi connectivity index (χ0v) is 35.2. The lowest BCUT2D eigenvalue weighted by atomic mass is 10.1. The van der Waals surface area contributed by atoms with E-state index in [4.69, 9.17) is 31.9 Å². The second kappa shape index (κ2) is 35.8. The summed E-state index contributed by atoms with van der Waals surface area (Å²) in [6, 6.07) is 0. The van der Waals surface area contributed by atoms with Crippen LogP contribution in [0.25, 0.3) is 0 Å². The minimum Gasteiger partial charge on any atom is -0.408 e. The highest BCUT2D eigenvalue weighted by Gasteiger charge is 2.19. The number of carbonyl (C=O) groups excluding carboxylic acids is 10. The summed E-state index contributed by atoms with van der Waals surface area (Å²) in [5.74, 6) is -4.24. The van der Waals surface area contributed by atoms with Crippen LogP contribution in [-0.2, 0) is 47.9 Å². The second-order valence-electron chi connectivity index (χ2n) is 14.1. The zero-order valence-electron chi connectivity index (χ0n) is 35.2. The molecule has 22 nitrogen and oxygen atoms in total. The molecule has 9 amide bonds. The molecule has 0 atom stereocenters. The first-order valence-corrected chi connectivity index (χ1v) is 20.1. The van der Waals surface area contributed by atoms with Crippen LogP contribution >= 0.6 is 0 Å². The van der Waals surface area contributed by atoms with E-state index in [1.54, 1.807) is 0 Å². The minimum absolute atomic E-state index is 0.103. The number of Topliss-reactive ketones (excluding diaryl/α,β-unsaturated/α-hetero) is 1. The van der Waals surface area contributed by atoms with Gasteiger partial charge in [-0.2, -0.15) is 0 Å². The summed E-state index contributed by atoms with van der Waals surface area (Å²) in [5, 5.41) is 21.5. The molecule has 0 unspecified atom stereocenters. The third-order valence-corrected chi connectivity index (χ3v) is 8.47. The largest absolute Gasteiger partial charge is 0.408 e. The SMILES string of the molecule is [B]NC(=O)CN(CC(=O)N[B])CC(=O)NCCCCCNC(=O)CN(CC(=O)NCCCCCNC(=O)CN(CC(=O)N[B])CC(=O)N[B])CC(=O)NCCCCCC(C)=O. The maximum Gasteiger partial charge on any atom is 0.234 e. The van der Waals surface area contributed by atoms with Gasteiger partial charge in [-0.1, -0.05) is 6.42 Å². The first kappa shape index (κ1) is 56.0. The molecule has 0 aliphatic rings. The predicted octanol–water partition coefficient (Wildman–Crippen LogP) is -6.24. The molecular weight excluding hydrogens is 792 g/mol. The van der Waals surface area contributed by atoms with Gasteiger partial charge in [0.05, 0.1) is 58.9 Å². The molecule has 0 rings (SSSR count). The van der Waals surface area contributed by atoms with Crippen LogP contribution in [0.15, 0.2) is 0 Å². The van der Waals surface area contributed by atoms with Gasteiger partial charge in [0, 0.05) is 39.1 Å². The second-order valence-corrected chi connectivity index (χ2v) is 14.1. The van der Waals surface area contributed by atoms with E-state index in [-0.39, 0.29) is 70.6 Å². The number of unbranched alkanes of at least 4 members (excludes halogenated alkanes) is 6. The first-order chi connectivity index (χ1) is 29.1. The van der Waals surface area contributed by atoms with Crippen LogP contribution in [0.1, 0.15) is 71.1 Å². The summed E-state index contributed by atoms with van der Waals surface area (Å²) in [7, 11) is 20.3. The minimum atomic E-state index is -0.591. The summed E-state index contributed by atoms with van der Waals surface area (Å²) >= 11 is 0. The molecule has 0 heterocycles. The molecule has 0 fully saturated rings. The Morgan fingerprint density at radius 2 is 0.508 bits per heavy atom. The molecule has 0 aromatic rings. The van der Waals surface area contributed by atoms with E-state index in [9.17, 15) is 47.9 Å². The average Bonchev–Trinajstić information content (AvgIpc) is 3.20. The zero-order chi connectivity index (χ0) is 45.8. The molecule has 0 saturated carbocycles. The lowest BCUT2D eigenvalue weighted by Crippen LogP contribution is -2.47. The van der Waals surface area contributed by atoms with Gasteiger partial charge in [0.15, 0.2) is 0 Å². The van der Waals surface area contributed by atoms with Gasteiger partial charge in [0.1, 0.15) is 5.78 Å². The molecule has 26 heteroatoms. The van der Waals surface area contributed by atoms with E-state index in [0.717, 1.165) is 12.8 Å². The average molecular weight is 852 g/mol. The van der Waals surface area contributed by atoms with E-state index >= 15 is 0 Å². The lowest BCUT2D eigenvalue weighted by Gasteiger charge is -2.21. The first-order valence-electron chi connectivity index (χ1n) is 20.1. The molecule has 0 aromatic carbocycles. The monoisotopic (exact) mass is 852 g/mol. The lowest BCUT2D eigenvalue weighted by molar-refractivity contribution is -0.129. The van der Waals surface area contributed by atoms with Gasteiger partial charge in [-0.15, -0.1) is 0 Å². The highest BCUT2D eigenvalue weighted by atomic mass is 16.2. The fourth-order valence-corrected chi connectivity index (χ4v) is 5.46. The van der Waals surface area contributed by atoms with Gasteiger partial charge in [-0.25, -0.2) is 0 Å². The van der Waals surface area contributed by atoms with Crippen molar-refractivity contribution in [3.05, 3.63) is 0 Å². The molecule has 0 spiro atoms. The molecule has 0 aliphatic heterocycles. The van der Waals surface area contributed by atoms with E-state index in [2.05, 4.69) is 26.6 Å². The normalized spacial score (nSPS) is 10.7. The van der Waals surface area contributed by atoms with Gasteiger partial charge >= 0.3 is 0 Å². The Hall–Kier alpha value is -4.96. The van der Waals surface area contributed by atoms with E-state index in [1.165, 1.54) is 21.6 Å². The standard InChI is InChI=1S/C35H60B4N12O10/c1-26(52)11-5-2-6-12-40-27(53)17-49(18-28(54)41-13-7-3-9-15-43-30(56)20-50(22-32(58)45-36)23-33(59)46-37)19-29(55)42-14-8-4-10-16-44-31(57)21-51(24-34(60)47-38)25-35(61)48-39/h2-25H2,1H3,(H,40,53)(H,41,54)(H,42,55)(H,43,56)(H,44,57)(H,45,58)(H,46,59)(H,47,60)(H,48,61). The van der Waals surface area contributed by atoms with Crippen LogP contribution in [0.2, 0.25) is 0 Å². The predicted molar refractivity (Wildman–Crippen MR) is 227 cm³/mol. The maximum atomic E-state index is 12.8. The smallest absolute Gasteiger partial charge is 0.234 e. The Morgan fingerprint density at radius 1 is 0.311 bits per heavy atom. The van der Waals surface area contributed by atoms with Crippen molar-refractivity contribution >= 4 is 90.9 Å². The number of rotatable bonds is 36. The van der Waals surface area contributed by atoms with Crippen molar-refractivity contribution in [3.8, 4) is 0 Å². The molecule has 332 valence electrons. The summed E-state index contributed by atoms with van der Waals surface area (Å²) in [5.41, 5.74) is 0. The van der Waals surface area contributed by atoms with Crippen LogP contribution in [0.5, 0.6) is 0 Å². The van der Waals surface area contributed by atoms with Crippen LogP contribution in [0, 0.1) is 0 Å². The number of amides is 9. The van der Waals surface area contributed by atoms with Crippen molar-refractivity contribution in [2.24, 2.45) is 0 Å². The fraction of sp³-hybridized carbons (Fsp3) is 0.714. The van der Waals surface area contributed by atoms with Crippen molar-refractivity contribution in [2.75, 3.05) is 91.6 Å². The molecule has 9 N–H and O–H groups in total. The summed E-state index contributed by atoms with van der Waals surface area (Å²) in [4.78, 5) is 124. The number of carbonyl (C=O) groups is 10. The number of nitrogens with one attached hydrogen (secondary N) is 9. The van der Waals surface area contributed by atoms with Gasteiger partial charge in [-0.3, -0.25) is 57.9 Å². The Morgan fingerprint density at radius 3 is 0.705 bits per heavy atom. The van der Waals surface area contributed by atoms with E-state index in [0.29, 0.717) is 84.1 Å². The summed E-state index contributed by atoms with van der Waals surface area (Å²) in [6.45, 7) is 0.864. The number of nitrogens with zero attached hydrogens (tertiary/aromatic N) is 3. The number of hydrogen-bond acceptors (Lipinski definition) is 13. The Balaban J connectivity index is 4.78. The van der Waals surface area contributed by atoms with Crippen molar-refractivity contribution in [3.63, 3.8) is 0 Å². The van der Waals surface area contributed by atoms with Crippen molar-refractivity contribution in [1.82, 2.24) is 62.2 Å². The highest BCUT2D eigenvalue weighted by Crippen LogP contribution is 2.00. The van der Waals surface area contributed by atoms with Crippen molar-refractivity contribution < 1.29 is 47.9 Å². The number of ketones is 1. The molecular formula is C35H60B4N12O10. The van der Waals surface area contributed by atoms with Gasteiger partial charge in [0.2, 0.25) is 85.1 Å². The van der Waals surface area contributed by atoms with Crippen molar-refractivity contribution in [2.45, 2.75) is 71.1 Å². The Bertz CT molecular complexity index is 1300. The Kier molecular flexibility index (Phi) is 32.9. The van der Waals surface area contributed by atoms with Gasteiger partial charge in [-0.05, 0) is 58.3 Å². The van der Waals surface area contributed by atoms with E-state index in [1.807, 2.05) is 20.9 Å². The molecule has 8 radical (unpaired) electrons. The summed E-state index contributed by atoms with van der Waals surface area (Å²) < 4.78 is 0. The highest BCUT2D eigenvalue weighted by molar-refractivity contribution is 6.16. The third-order valence-electron chi connectivity index (χ3n) is 8.47. The Labute approximate surface area is 363 Å². The molecule has 0 saturated heterocycles. The summed E-state index contributed by atoms with van der Waals surface area (Å²) in [6.07, 6.45) is 6.24.